The van der Waals surface area contributed by atoms with Crippen LogP contribution in [0.2, 0.25) is 0 Å². The van der Waals surface area contributed by atoms with Gasteiger partial charge in [-0.25, -0.2) is 17.9 Å². The number of carbonyl (C=O) groups excluding carboxylic acids is 1. The first-order chi connectivity index (χ1) is 11.5. The monoisotopic (exact) mass is 361 g/mol. The molecule has 25 heavy (non-hydrogen) atoms. The van der Waals surface area contributed by atoms with E-state index in [4.69, 9.17) is 4.74 Å². The maximum absolute atomic E-state index is 12.8. The van der Waals surface area contributed by atoms with Gasteiger partial charge in [0.25, 0.3) is 0 Å². The number of hydrogen-bond donors (Lipinski definition) is 1. The summed E-state index contributed by atoms with van der Waals surface area (Å²) >= 11 is 0. The highest BCUT2D eigenvalue weighted by Gasteiger charge is 2.25. The minimum atomic E-state index is -3.68. The number of hydrogen-bond acceptors (Lipinski definition) is 4. The molecule has 0 aliphatic heterocycles. The fourth-order valence-electron chi connectivity index (χ4n) is 2.57. The van der Waals surface area contributed by atoms with E-state index in [0.717, 1.165) is 11.1 Å². The first kappa shape index (κ1) is 19.1. The summed E-state index contributed by atoms with van der Waals surface area (Å²) in [4.78, 5) is 11.9. The number of carbonyl (C=O) groups is 1. The molecule has 134 valence electrons. The summed E-state index contributed by atoms with van der Waals surface area (Å²) in [6.07, 6.45) is 0. The molecular formula is C19H23NO4S. The molecule has 2 aromatic carbocycles. The van der Waals surface area contributed by atoms with E-state index in [1.807, 2.05) is 0 Å². The molecule has 0 aliphatic carbocycles. The van der Waals surface area contributed by atoms with Crippen LogP contribution in [0.15, 0.2) is 47.4 Å². The third-order valence-corrected chi connectivity index (χ3v) is 5.38. The Bertz CT molecular complexity index is 896. The van der Waals surface area contributed by atoms with Crippen molar-refractivity contribution < 1.29 is 17.9 Å². The van der Waals surface area contributed by atoms with Crippen LogP contribution in [-0.2, 0) is 14.8 Å². The van der Waals surface area contributed by atoms with E-state index in [2.05, 4.69) is 4.72 Å². The van der Waals surface area contributed by atoms with Gasteiger partial charge in [0.15, 0.2) is 0 Å². The Morgan fingerprint density at radius 2 is 1.72 bits per heavy atom. The van der Waals surface area contributed by atoms with Crippen molar-refractivity contribution in [3.8, 4) is 11.1 Å². The van der Waals surface area contributed by atoms with Crippen molar-refractivity contribution in [2.75, 3.05) is 7.11 Å². The van der Waals surface area contributed by atoms with Crippen molar-refractivity contribution in [2.45, 2.75) is 38.1 Å². The van der Waals surface area contributed by atoms with Gasteiger partial charge in [-0.2, -0.15) is 0 Å². The average molecular weight is 361 g/mol. The zero-order chi connectivity index (χ0) is 18.8. The molecule has 1 N–H and O–H groups in total. The lowest BCUT2D eigenvalue weighted by atomic mass is 10.00. The van der Waals surface area contributed by atoms with Crippen molar-refractivity contribution in [3.05, 3.63) is 53.6 Å². The highest BCUT2D eigenvalue weighted by atomic mass is 32.2. The van der Waals surface area contributed by atoms with Crippen LogP contribution in [-0.4, -0.2) is 27.0 Å². The zero-order valence-corrected chi connectivity index (χ0v) is 15.9. The van der Waals surface area contributed by atoms with Crippen molar-refractivity contribution in [1.82, 2.24) is 4.72 Å². The molecule has 0 amide bonds. The van der Waals surface area contributed by atoms with Crippen LogP contribution in [0.4, 0.5) is 0 Å². The third-order valence-electron chi connectivity index (χ3n) is 3.56. The summed E-state index contributed by atoms with van der Waals surface area (Å²) in [7, 11) is -2.35. The Hall–Kier alpha value is -2.18. The topological polar surface area (TPSA) is 72.5 Å². The summed E-state index contributed by atoms with van der Waals surface area (Å²) in [5.41, 5.74) is 1.90. The highest BCUT2D eigenvalue weighted by Crippen LogP contribution is 2.29. The fourth-order valence-corrected chi connectivity index (χ4v) is 4.22. The molecule has 0 aromatic heterocycles. The maximum atomic E-state index is 12.8. The number of sulfonamides is 1. The minimum Gasteiger partial charge on any atom is -0.465 e. The number of benzene rings is 2. The predicted molar refractivity (Wildman–Crippen MR) is 98.0 cm³/mol. The van der Waals surface area contributed by atoms with Gasteiger partial charge in [0, 0.05) is 11.1 Å². The van der Waals surface area contributed by atoms with Gasteiger partial charge in [-0.15, -0.1) is 0 Å². The van der Waals surface area contributed by atoms with E-state index in [9.17, 15) is 13.2 Å². The van der Waals surface area contributed by atoms with Gasteiger partial charge in [0.05, 0.1) is 17.6 Å². The van der Waals surface area contributed by atoms with E-state index in [0.29, 0.717) is 11.1 Å². The lowest BCUT2D eigenvalue weighted by Gasteiger charge is -2.21. The molecule has 0 bridgehead atoms. The SMILES string of the molecule is COC(=O)c1ccc(-c2ccccc2S(=O)(=O)NC(C)(C)C)cc1C. The van der Waals surface area contributed by atoms with Gasteiger partial charge in [0.2, 0.25) is 10.0 Å². The van der Waals surface area contributed by atoms with E-state index in [1.54, 1.807) is 70.2 Å². The molecule has 0 spiro atoms. The average Bonchev–Trinajstić information content (AvgIpc) is 2.52. The van der Waals surface area contributed by atoms with Gasteiger partial charge < -0.3 is 4.74 Å². The van der Waals surface area contributed by atoms with Crippen LogP contribution in [0.1, 0.15) is 36.7 Å². The molecule has 5 nitrogen and oxygen atoms in total. The first-order valence-corrected chi connectivity index (χ1v) is 9.36. The van der Waals surface area contributed by atoms with E-state index < -0.39 is 21.5 Å². The van der Waals surface area contributed by atoms with Crippen LogP contribution in [0, 0.1) is 6.92 Å². The molecule has 2 aromatic rings. The molecule has 0 heterocycles. The Labute approximate surface area is 149 Å². The largest absolute Gasteiger partial charge is 0.465 e. The number of ether oxygens (including phenoxy) is 1. The number of aryl methyl sites for hydroxylation is 1. The van der Waals surface area contributed by atoms with Gasteiger partial charge >= 0.3 is 5.97 Å². The Morgan fingerprint density at radius 1 is 1.08 bits per heavy atom. The molecule has 0 unspecified atom stereocenters. The van der Waals surface area contributed by atoms with Gasteiger partial charge in [-0.3, -0.25) is 0 Å². The minimum absolute atomic E-state index is 0.204. The van der Waals surface area contributed by atoms with Crippen LogP contribution in [0.3, 0.4) is 0 Å². The summed E-state index contributed by atoms with van der Waals surface area (Å²) in [5, 5.41) is 0. The summed E-state index contributed by atoms with van der Waals surface area (Å²) < 4.78 is 33.0. The molecule has 2 rings (SSSR count). The predicted octanol–water partition coefficient (Wildman–Crippen LogP) is 3.53. The molecule has 0 aliphatic rings. The van der Waals surface area contributed by atoms with Gasteiger partial charge in [0.1, 0.15) is 0 Å². The van der Waals surface area contributed by atoms with Crippen molar-refractivity contribution in [3.63, 3.8) is 0 Å². The van der Waals surface area contributed by atoms with Crippen LogP contribution < -0.4 is 4.72 Å². The zero-order valence-electron chi connectivity index (χ0n) is 15.1. The Balaban J connectivity index is 2.56. The Morgan fingerprint density at radius 3 is 2.28 bits per heavy atom. The fraction of sp³-hybridized carbons (Fsp3) is 0.316. The molecule has 0 fully saturated rings. The normalized spacial score (nSPS) is 12.0. The molecule has 0 saturated carbocycles. The Kier molecular flexibility index (Phi) is 5.34. The molecule has 0 radical (unpaired) electrons. The van der Waals surface area contributed by atoms with E-state index in [-0.39, 0.29) is 4.90 Å². The molecule has 0 atom stereocenters. The number of rotatable bonds is 4. The van der Waals surface area contributed by atoms with Gasteiger partial charge in [-0.1, -0.05) is 30.3 Å². The third kappa shape index (κ3) is 4.46. The summed E-state index contributed by atoms with van der Waals surface area (Å²) in [6.45, 7) is 7.17. The van der Waals surface area contributed by atoms with Crippen LogP contribution in [0.25, 0.3) is 11.1 Å². The smallest absolute Gasteiger partial charge is 0.338 e. The lowest BCUT2D eigenvalue weighted by molar-refractivity contribution is 0.0600. The first-order valence-electron chi connectivity index (χ1n) is 7.87. The van der Waals surface area contributed by atoms with E-state index >= 15 is 0 Å². The second-order valence-electron chi connectivity index (χ2n) is 6.87. The molecule has 0 saturated heterocycles. The number of nitrogens with one attached hydrogen (secondary N) is 1. The number of esters is 1. The lowest BCUT2D eigenvalue weighted by Crippen LogP contribution is -2.40. The standard InChI is InChI=1S/C19H23NO4S/c1-13-12-14(10-11-15(13)18(21)24-5)16-8-6-7-9-17(16)25(22,23)20-19(2,3)4/h6-12,20H,1-5H3. The van der Waals surface area contributed by atoms with Crippen molar-refractivity contribution in [2.24, 2.45) is 0 Å². The molecular weight excluding hydrogens is 338 g/mol. The van der Waals surface area contributed by atoms with Crippen molar-refractivity contribution in [1.29, 1.82) is 0 Å². The van der Waals surface area contributed by atoms with Crippen molar-refractivity contribution >= 4 is 16.0 Å². The maximum Gasteiger partial charge on any atom is 0.338 e. The summed E-state index contributed by atoms with van der Waals surface area (Å²) in [5.74, 6) is -0.417. The highest BCUT2D eigenvalue weighted by molar-refractivity contribution is 7.89. The second-order valence-corrected chi connectivity index (χ2v) is 8.52. The van der Waals surface area contributed by atoms with E-state index in [1.165, 1.54) is 7.11 Å². The second kappa shape index (κ2) is 6.98. The molecule has 6 heteroatoms. The van der Waals surface area contributed by atoms with Crippen LogP contribution in [0.5, 0.6) is 0 Å². The summed E-state index contributed by atoms with van der Waals surface area (Å²) in [6, 6.07) is 12.0. The number of methoxy groups -OCH3 is 1. The quantitative estimate of drug-likeness (QED) is 0.846. The van der Waals surface area contributed by atoms with Crippen LogP contribution >= 0.6 is 0 Å². The van der Waals surface area contributed by atoms with Gasteiger partial charge in [-0.05, 0) is 51.0 Å².